The quantitative estimate of drug-likeness (QED) is 0.824. The lowest BCUT2D eigenvalue weighted by molar-refractivity contribution is -0.134. The summed E-state index contributed by atoms with van der Waals surface area (Å²) in [4.78, 5) is 39.9. The standard InChI is InChI=1S/C20H26FN3O3/c21-17-7-5-16(6-8-17)20(27)22-13-15-3-1-11-24(14-15)19(26)9-12-23-10-2-4-18(23)25/h5-8,15H,1-4,9-14H2,(H,22,27)/t15-/m1/s1. The first kappa shape index (κ1) is 19.3. The van der Waals surface area contributed by atoms with Crippen molar-refractivity contribution in [1.82, 2.24) is 15.1 Å². The molecule has 3 amide bonds. The molecule has 146 valence electrons. The van der Waals surface area contributed by atoms with Crippen LogP contribution in [0.25, 0.3) is 0 Å². The minimum atomic E-state index is -0.372. The normalized spacial score (nSPS) is 20.0. The van der Waals surface area contributed by atoms with E-state index in [0.29, 0.717) is 38.0 Å². The van der Waals surface area contributed by atoms with E-state index in [0.717, 1.165) is 32.4 Å². The molecular weight excluding hydrogens is 349 g/mol. The van der Waals surface area contributed by atoms with Gasteiger partial charge in [-0.25, -0.2) is 4.39 Å². The first-order valence-corrected chi connectivity index (χ1v) is 9.62. The molecule has 6 nitrogen and oxygen atoms in total. The Bertz CT molecular complexity index is 692. The second kappa shape index (κ2) is 8.97. The Labute approximate surface area is 158 Å². The van der Waals surface area contributed by atoms with Crippen molar-refractivity contribution in [3.8, 4) is 0 Å². The molecule has 0 radical (unpaired) electrons. The van der Waals surface area contributed by atoms with Crippen LogP contribution in [0.2, 0.25) is 0 Å². The summed E-state index contributed by atoms with van der Waals surface area (Å²) in [5.41, 5.74) is 0.426. The first-order valence-electron chi connectivity index (χ1n) is 9.62. The second-order valence-corrected chi connectivity index (χ2v) is 7.30. The van der Waals surface area contributed by atoms with E-state index in [1.807, 2.05) is 4.90 Å². The van der Waals surface area contributed by atoms with Crippen molar-refractivity contribution in [2.45, 2.75) is 32.1 Å². The monoisotopic (exact) mass is 375 g/mol. The fraction of sp³-hybridized carbons (Fsp3) is 0.550. The molecule has 0 spiro atoms. The van der Waals surface area contributed by atoms with Gasteiger partial charge in [0.15, 0.2) is 0 Å². The van der Waals surface area contributed by atoms with Gasteiger partial charge in [-0.3, -0.25) is 14.4 Å². The van der Waals surface area contributed by atoms with Crippen LogP contribution in [0.4, 0.5) is 4.39 Å². The maximum Gasteiger partial charge on any atom is 0.251 e. The van der Waals surface area contributed by atoms with E-state index < -0.39 is 0 Å². The number of likely N-dealkylation sites (tertiary alicyclic amines) is 2. The number of hydrogen-bond donors (Lipinski definition) is 1. The lowest BCUT2D eigenvalue weighted by atomic mass is 9.97. The summed E-state index contributed by atoms with van der Waals surface area (Å²) in [5.74, 6) is -0.179. The van der Waals surface area contributed by atoms with Crippen LogP contribution in [-0.2, 0) is 9.59 Å². The third-order valence-electron chi connectivity index (χ3n) is 5.30. The fourth-order valence-electron chi connectivity index (χ4n) is 3.73. The van der Waals surface area contributed by atoms with Gasteiger partial charge < -0.3 is 15.1 Å². The molecule has 27 heavy (non-hydrogen) atoms. The van der Waals surface area contributed by atoms with Gasteiger partial charge in [-0.15, -0.1) is 0 Å². The number of halogens is 1. The summed E-state index contributed by atoms with van der Waals surface area (Å²) < 4.78 is 12.9. The Balaban J connectivity index is 1.43. The molecule has 0 aliphatic carbocycles. The van der Waals surface area contributed by atoms with Gasteiger partial charge in [0.1, 0.15) is 5.82 Å². The highest BCUT2D eigenvalue weighted by Crippen LogP contribution is 2.18. The average Bonchev–Trinajstić information content (AvgIpc) is 3.10. The molecule has 2 aliphatic heterocycles. The topological polar surface area (TPSA) is 69.7 Å². The number of amides is 3. The Morgan fingerprint density at radius 2 is 1.93 bits per heavy atom. The van der Waals surface area contributed by atoms with Crippen molar-refractivity contribution < 1.29 is 18.8 Å². The molecule has 0 aromatic heterocycles. The van der Waals surface area contributed by atoms with Gasteiger partial charge in [-0.05, 0) is 49.4 Å². The average molecular weight is 375 g/mol. The summed E-state index contributed by atoms with van der Waals surface area (Å²) >= 11 is 0. The highest BCUT2D eigenvalue weighted by atomic mass is 19.1. The fourth-order valence-corrected chi connectivity index (χ4v) is 3.73. The van der Waals surface area contributed by atoms with Crippen molar-refractivity contribution in [2.24, 2.45) is 5.92 Å². The van der Waals surface area contributed by atoms with Crippen molar-refractivity contribution in [1.29, 1.82) is 0 Å². The number of benzene rings is 1. The molecule has 0 unspecified atom stereocenters. The van der Waals surface area contributed by atoms with E-state index in [2.05, 4.69) is 5.32 Å². The van der Waals surface area contributed by atoms with Gasteiger partial charge in [-0.1, -0.05) is 0 Å². The van der Waals surface area contributed by atoms with Crippen molar-refractivity contribution in [2.75, 3.05) is 32.7 Å². The predicted molar refractivity (Wildman–Crippen MR) is 98.5 cm³/mol. The first-order chi connectivity index (χ1) is 13.0. The SMILES string of the molecule is O=C(NC[C@H]1CCCN(C(=O)CCN2CCCC2=O)C1)c1ccc(F)cc1. The van der Waals surface area contributed by atoms with Crippen LogP contribution in [0.5, 0.6) is 0 Å². The van der Waals surface area contributed by atoms with Gasteiger partial charge in [0.05, 0.1) is 0 Å². The van der Waals surface area contributed by atoms with Crippen molar-refractivity contribution >= 4 is 17.7 Å². The van der Waals surface area contributed by atoms with Crippen LogP contribution in [0, 0.1) is 11.7 Å². The van der Waals surface area contributed by atoms with E-state index in [1.54, 1.807) is 4.90 Å². The molecule has 1 aromatic rings. The zero-order valence-corrected chi connectivity index (χ0v) is 15.5. The molecule has 0 bridgehead atoms. The summed E-state index contributed by atoms with van der Waals surface area (Å²) in [5, 5.41) is 2.88. The number of piperidine rings is 1. The molecule has 2 fully saturated rings. The number of nitrogens with one attached hydrogen (secondary N) is 1. The molecule has 1 aromatic carbocycles. The van der Waals surface area contributed by atoms with E-state index in [4.69, 9.17) is 0 Å². The maximum absolute atomic E-state index is 12.9. The molecule has 1 N–H and O–H groups in total. The molecule has 2 heterocycles. The minimum absolute atomic E-state index is 0.0734. The van der Waals surface area contributed by atoms with Crippen LogP contribution in [-0.4, -0.2) is 60.2 Å². The summed E-state index contributed by atoms with van der Waals surface area (Å²) in [6.07, 6.45) is 3.70. The molecule has 2 aliphatic rings. The van der Waals surface area contributed by atoms with Gasteiger partial charge in [-0.2, -0.15) is 0 Å². The van der Waals surface area contributed by atoms with Crippen LogP contribution >= 0.6 is 0 Å². The maximum atomic E-state index is 12.9. The van der Waals surface area contributed by atoms with Crippen LogP contribution in [0.3, 0.4) is 0 Å². The number of hydrogen-bond acceptors (Lipinski definition) is 3. The Kier molecular flexibility index (Phi) is 6.42. The third-order valence-corrected chi connectivity index (χ3v) is 5.30. The number of rotatable bonds is 6. The third kappa shape index (κ3) is 5.28. The van der Waals surface area contributed by atoms with Gasteiger partial charge in [0.25, 0.3) is 5.91 Å². The molecule has 1 atom stereocenters. The number of carbonyl (C=O) groups is 3. The highest BCUT2D eigenvalue weighted by Gasteiger charge is 2.26. The molecule has 7 heteroatoms. The second-order valence-electron chi connectivity index (χ2n) is 7.30. The van der Waals surface area contributed by atoms with Gasteiger partial charge >= 0.3 is 0 Å². The van der Waals surface area contributed by atoms with E-state index in [9.17, 15) is 18.8 Å². The highest BCUT2D eigenvalue weighted by molar-refractivity contribution is 5.94. The van der Waals surface area contributed by atoms with Crippen LogP contribution in [0.15, 0.2) is 24.3 Å². The zero-order valence-electron chi connectivity index (χ0n) is 15.5. The smallest absolute Gasteiger partial charge is 0.251 e. The van der Waals surface area contributed by atoms with Crippen molar-refractivity contribution in [3.63, 3.8) is 0 Å². The van der Waals surface area contributed by atoms with Crippen LogP contribution in [0.1, 0.15) is 42.5 Å². The molecule has 2 saturated heterocycles. The van der Waals surface area contributed by atoms with E-state index in [-0.39, 0.29) is 29.5 Å². The lowest BCUT2D eigenvalue weighted by Crippen LogP contribution is -2.44. The van der Waals surface area contributed by atoms with E-state index >= 15 is 0 Å². The van der Waals surface area contributed by atoms with E-state index in [1.165, 1.54) is 24.3 Å². The van der Waals surface area contributed by atoms with Crippen LogP contribution < -0.4 is 5.32 Å². The summed E-state index contributed by atoms with van der Waals surface area (Å²) in [6, 6.07) is 5.45. The summed E-state index contributed by atoms with van der Waals surface area (Å²) in [7, 11) is 0. The molecule has 3 rings (SSSR count). The minimum Gasteiger partial charge on any atom is -0.352 e. The zero-order chi connectivity index (χ0) is 19.2. The Morgan fingerprint density at radius 3 is 2.63 bits per heavy atom. The number of carbonyl (C=O) groups excluding carboxylic acids is 3. The predicted octanol–water partition coefficient (Wildman–Crippen LogP) is 1.81. The molecular formula is C20H26FN3O3. The Morgan fingerprint density at radius 1 is 1.15 bits per heavy atom. The molecule has 0 saturated carbocycles. The Hall–Kier alpha value is -2.44. The van der Waals surface area contributed by atoms with Gasteiger partial charge in [0.2, 0.25) is 11.8 Å². The van der Waals surface area contributed by atoms with Gasteiger partial charge in [0, 0.05) is 51.1 Å². The number of nitrogens with zero attached hydrogens (tertiary/aromatic N) is 2. The largest absolute Gasteiger partial charge is 0.352 e. The van der Waals surface area contributed by atoms with Crippen molar-refractivity contribution in [3.05, 3.63) is 35.6 Å². The summed E-state index contributed by atoms with van der Waals surface area (Å²) in [6.45, 7) is 3.10. The lowest BCUT2D eigenvalue weighted by Gasteiger charge is -2.33.